The molecule has 2 aromatic carbocycles. The topological polar surface area (TPSA) is 107 Å². The summed E-state index contributed by atoms with van der Waals surface area (Å²) in [5.74, 6) is -2.35. The van der Waals surface area contributed by atoms with Gasteiger partial charge < -0.3 is 15.3 Å². The third kappa shape index (κ3) is 5.48. The Morgan fingerprint density at radius 1 is 1.18 bits per heavy atom. The molecule has 1 amide bonds. The number of ketones is 1. The molecule has 2 fully saturated rings. The molecule has 2 saturated heterocycles. The second kappa shape index (κ2) is 11.1. The highest BCUT2D eigenvalue weighted by Gasteiger charge is 2.55. The summed E-state index contributed by atoms with van der Waals surface area (Å²) in [7, 11) is -2.05. The van der Waals surface area contributed by atoms with Gasteiger partial charge in [0.1, 0.15) is 11.6 Å². The van der Waals surface area contributed by atoms with E-state index in [2.05, 4.69) is 5.32 Å². The summed E-state index contributed by atoms with van der Waals surface area (Å²) < 4.78 is 40.7. The Balaban J connectivity index is 1.89. The zero-order valence-electron chi connectivity index (χ0n) is 22.1. The first-order valence-corrected chi connectivity index (χ1v) is 14.8. The number of likely N-dealkylation sites (tertiary alicyclic amines) is 1. The molecule has 2 aliphatic rings. The average molecular weight is 546 g/mol. The monoisotopic (exact) mass is 545 g/mol. The highest BCUT2D eigenvalue weighted by molar-refractivity contribution is 7.88. The highest BCUT2D eigenvalue weighted by Crippen LogP contribution is 2.50. The zero-order valence-corrected chi connectivity index (χ0v) is 22.9. The van der Waals surface area contributed by atoms with Gasteiger partial charge in [0.2, 0.25) is 15.9 Å². The molecular weight excluding hydrogens is 509 g/mol. The lowest BCUT2D eigenvalue weighted by Crippen LogP contribution is -2.60. The fraction of sp³-hybridized carbons (Fsp3) is 0.500. The van der Waals surface area contributed by atoms with E-state index >= 15 is 0 Å². The molecule has 3 atom stereocenters. The van der Waals surface area contributed by atoms with Gasteiger partial charge in [-0.3, -0.25) is 9.59 Å². The van der Waals surface area contributed by atoms with Crippen molar-refractivity contribution >= 4 is 21.7 Å². The summed E-state index contributed by atoms with van der Waals surface area (Å²) in [4.78, 5) is 30.2. The summed E-state index contributed by atoms with van der Waals surface area (Å²) >= 11 is 0. The third-order valence-electron chi connectivity index (χ3n) is 8.17. The number of hydrogen-bond acceptors (Lipinski definition) is 6. The number of halogens is 1. The lowest BCUT2D eigenvalue weighted by molar-refractivity contribution is -0.145. The van der Waals surface area contributed by atoms with Gasteiger partial charge in [-0.25, -0.2) is 17.1 Å². The maximum Gasteiger partial charge on any atom is 0.230 e. The predicted octanol–water partition coefficient (Wildman–Crippen LogP) is 2.92. The van der Waals surface area contributed by atoms with E-state index in [0.29, 0.717) is 29.8 Å². The Hall–Kier alpha value is -2.82. The van der Waals surface area contributed by atoms with E-state index in [1.54, 1.807) is 36.1 Å². The van der Waals surface area contributed by atoms with Crippen LogP contribution in [-0.2, 0) is 14.8 Å². The van der Waals surface area contributed by atoms with Crippen LogP contribution in [0.2, 0.25) is 0 Å². The first kappa shape index (κ1) is 28.2. The Morgan fingerprint density at radius 3 is 2.53 bits per heavy atom. The lowest BCUT2D eigenvalue weighted by Gasteiger charge is -2.49. The number of phenols is 1. The van der Waals surface area contributed by atoms with E-state index in [0.717, 1.165) is 19.1 Å². The van der Waals surface area contributed by atoms with E-state index < -0.39 is 33.1 Å². The minimum Gasteiger partial charge on any atom is -0.508 e. The van der Waals surface area contributed by atoms with Crippen molar-refractivity contribution in [2.75, 3.05) is 46.0 Å². The molecule has 4 rings (SSSR count). The highest BCUT2D eigenvalue weighted by atomic mass is 32.2. The average Bonchev–Trinajstić information content (AvgIpc) is 3.42. The second-order valence-electron chi connectivity index (χ2n) is 10.6. The van der Waals surface area contributed by atoms with Crippen LogP contribution in [0.15, 0.2) is 42.5 Å². The van der Waals surface area contributed by atoms with Crippen molar-refractivity contribution in [1.82, 2.24) is 14.5 Å². The SMILES string of the molecule is Cc1c(F)cccc1[C@H]1[C@@H](C(=O)c2cccc(O)c2)CNC[C@@]1(CCN(C)S(C)(=O)=O)C(=O)N1CCCC1. The quantitative estimate of drug-likeness (QED) is 0.494. The number of nitrogens with zero attached hydrogens (tertiary/aromatic N) is 2. The van der Waals surface area contributed by atoms with Crippen molar-refractivity contribution in [2.24, 2.45) is 11.3 Å². The lowest BCUT2D eigenvalue weighted by atomic mass is 9.59. The van der Waals surface area contributed by atoms with Gasteiger partial charge in [-0.1, -0.05) is 24.3 Å². The van der Waals surface area contributed by atoms with Crippen LogP contribution >= 0.6 is 0 Å². The molecule has 0 aliphatic carbocycles. The van der Waals surface area contributed by atoms with Gasteiger partial charge in [0.15, 0.2) is 5.78 Å². The van der Waals surface area contributed by atoms with E-state index in [4.69, 9.17) is 0 Å². The summed E-state index contributed by atoms with van der Waals surface area (Å²) in [6, 6.07) is 10.8. The molecule has 0 saturated carbocycles. The van der Waals surface area contributed by atoms with Gasteiger partial charge >= 0.3 is 0 Å². The number of rotatable bonds is 8. The molecule has 0 spiro atoms. The standard InChI is InChI=1S/C28H36FN3O5S/c1-19-22(10-7-11-24(19)29)25-23(26(34)20-8-6-9-21(33)16-20)17-30-18-28(25,12-15-31(2)38(3,36)37)27(35)32-13-4-5-14-32/h6-11,16,23,25,30,33H,4-5,12-15,17-18H2,1-3H3/t23-,25-,28+/m0/s1. The van der Waals surface area contributed by atoms with Crippen LogP contribution in [0, 0.1) is 24.1 Å². The van der Waals surface area contributed by atoms with Crippen LogP contribution < -0.4 is 5.32 Å². The van der Waals surface area contributed by atoms with Crippen molar-refractivity contribution in [3.8, 4) is 5.75 Å². The second-order valence-corrected chi connectivity index (χ2v) is 12.7. The molecule has 8 nitrogen and oxygen atoms in total. The van der Waals surface area contributed by atoms with Crippen LogP contribution in [0.1, 0.15) is 46.7 Å². The number of nitrogens with one attached hydrogen (secondary N) is 1. The maximum absolute atomic E-state index is 14.9. The first-order chi connectivity index (χ1) is 18.0. The van der Waals surface area contributed by atoms with Crippen LogP contribution in [0.3, 0.4) is 0 Å². The van der Waals surface area contributed by atoms with Gasteiger partial charge in [0, 0.05) is 57.2 Å². The Morgan fingerprint density at radius 2 is 1.87 bits per heavy atom. The predicted molar refractivity (Wildman–Crippen MR) is 143 cm³/mol. The number of sulfonamides is 1. The molecule has 2 N–H and O–H groups in total. The number of aromatic hydroxyl groups is 1. The van der Waals surface area contributed by atoms with E-state index in [9.17, 15) is 27.5 Å². The van der Waals surface area contributed by atoms with Crippen LogP contribution in [0.25, 0.3) is 0 Å². The molecule has 0 radical (unpaired) electrons. The zero-order chi connectivity index (χ0) is 27.7. The first-order valence-electron chi connectivity index (χ1n) is 13.0. The summed E-state index contributed by atoms with van der Waals surface area (Å²) in [5, 5.41) is 13.3. The number of carbonyl (C=O) groups excluding carboxylic acids is 2. The maximum atomic E-state index is 14.9. The van der Waals surface area contributed by atoms with E-state index in [1.807, 2.05) is 0 Å². The summed E-state index contributed by atoms with van der Waals surface area (Å²) in [6.07, 6.45) is 3.01. The number of phenolic OH excluding ortho intramolecular Hbond substituents is 1. The van der Waals surface area contributed by atoms with Crippen molar-refractivity contribution < 1.29 is 27.5 Å². The largest absolute Gasteiger partial charge is 0.508 e. The van der Waals surface area contributed by atoms with Gasteiger partial charge in [-0.15, -0.1) is 0 Å². The summed E-state index contributed by atoms with van der Waals surface area (Å²) in [6.45, 7) is 3.37. The minimum atomic E-state index is -3.52. The van der Waals surface area contributed by atoms with E-state index in [-0.39, 0.29) is 43.5 Å². The fourth-order valence-corrected chi connectivity index (χ4v) is 6.40. The van der Waals surface area contributed by atoms with E-state index in [1.165, 1.54) is 29.6 Å². The number of piperidine rings is 1. The van der Waals surface area contributed by atoms with Crippen LogP contribution in [0.5, 0.6) is 5.75 Å². The number of hydrogen-bond donors (Lipinski definition) is 2. The number of Topliss-reactive ketones (excluding diaryl/α,β-unsaturated/α-hetero) is 1. The smallest absolute Gasteiger partial charge is 0.230 e. The van der Waals surface area contributed by atoms with Gasteiger partial charge in [0.25, 0.3) is 0 Å². The Kier molecular flexibility index (Phi) is 8.25. The normalized spacial score (nSPS) is 24.1. The van der Waals surface area contributed by atoms with Crippen molar-refractivity contribution in [2.45, 2.75) is 32.1 Å². The third-order valence-corrected chi connectivity index (χ3v) is 9.49. The van der Waals surface area contributed by atoms with Gasteiger partial charge in [-0.05, 0) is 55.5 Å². The molecule has 10 heteroatoms. The number of carbonyl (C=O) groups is 2. The molecule has 2 aliphatic heterocycles. The molecule has 0 unspecified atom stereocenters. The van der Waals surface area contributed by atoms with Crippen LogP contribution in [0.4, 0.5) is 4.39 Å². The van der Waals surface area contributed by atoms with Crippen molar-refractivity contribution in [3.63, 3.8) is 0 Å². The fourth-order valence-electron chi connectivity index (χ4n) is 5.97. The molecule has 38 heavy (non-hydrogen) atoms. The molecule has 2 aromatic rings. The number of benzene rings is 2. The minimum absolute atomic E-state index is 0.0488. The molecule has 2 heterocycles. The van der Waals surface area contributed by atoms with Gasteiger partial charge in [0.05, 0.1) is 11.7 Å². The summed E-state index contributed by atoms with van der Waals surface area (Å²) in [5.41, 5.74) is 0.0355. The molecule has 0 aromatic heterocycles. The molecule has 206 valence electrons. The Bertz CT molecular complexity index is 1310. The number of amides is 1. The molecule has 0 bridgehead atoms. The van der Waals surface area contributed by atoms with Crippen molar-refractivity contribution in [3.05, 3.63) is 65.0 Å². The van der Waals surface area contributed by atoms with Gasteiger partial charge in [-0.2, -0.15) is 0 Å². The van der Waals surface area contributed by atoms with Crippen molar-refractivity contribution in [1.29, 1.82) is 0 Å². The molecular formula is C28H36FN3O5S. The Labute approximate surface area is 223 Å². The van der Waals surface area contributed by atoms with Crippen LogP contribution in [-0.4, -0.2) is 80.4 Å².